The standard InChI is InChI=1S/C26H33NO4/c28-25(30-24-14-19-29-20-15-24)13-18-27-16-11-23(12-17-27)31-26(21-7-3-1-4-8-21)22-9-5-2-6-10-22/h1-10,23-24,26H,11-20H2. The van der Waals surface area contributed by atoms with Gasteiger partial charge in [-0.15, -0.1) is 0 Å². The Labute approximate surface area is 185 Å². The third-order valence-electron chi connectivity index (χ3n) is 6.17. The highest BCUT2D eigenvalue weighted by Crippen LogP contribution is 2.30. The van der Waals surface area contributed by atoms with E-state index in [4.69, 9.17) is 14.2 Å². The maximum absolute atomic E-state index is 12.2. The summed E-state index contributed by atoms with van der Waals surface area (Å²) in [6.07, 6.45) is 4.25. The van der Waals surface area contributed by atoms with E-state index in [9.17, 15) is 4.79 Å². The highest BCUT2D eigenvalue weighted by Gasteiger charge is 2.25. The zero-order valence-electron chi connectivity index (χ0n) is 18.2. The molecular weight excluding hydrogens is 390 g/mol. The van der Waals surface area contributed by atoms with Crippen LogP contribution in [0.1, 0.15) is 49.3 Å². The number of carbonyl (C=O) groups excluding carboxylic acids is 1. The average molecular weight is 424 g/mol. The van der Waals surface area contributed by atoms with Gasteiger partial charge in [0.15, 0.2) is 0 Å². The van der Waals surface area contributed by atoms with Gasteiger partial charge in [-0.25, -0.2) is 0 Å². The first-order valence-corrected chi connectivity index (χ1v) is 11.5. The van der Waals surface area contributed by atoms with Crippen LogP contribution < -0.4 is 0 Å². The minimum Gasteiger partial charge on any atom is -0.462 e. The minimum atomic E-state index is -0.0847. The summed E-state index contributed by atoms with van der Waals surface area (Å²) in [5, 5.41) is 0. The number of benzene rings is 2. The Morgan fingerprint density at radius 3 is 2.03 bits per heavy atom. The molecule has 0 unspecified atom stereocenters. The molecule has 4 rings (SSSR count). The number of rotatable bonds is 8. The number of carbonyl (C=O) groups is 1. The van der Waals surface area contributed by atoms with E-state index in [1.54, 1.807) is 0 Å². The van der Waals surface area contributed by atoms with E-state index >= 15 is 0 Å². The molecular formula is C26H33NO4. The van der Waals surface area contributed by atoms with Crippen molar-refractivity contribution in [1.29, 1.82) is 0 Å². The summed E-state index contributed by atoms with van der Waals surface area (Å²) in [6.45, 7) is 4.05. The summed E-state index contributed by atoms with van der Waals surface area (Å²) in [5.41, 5.74) is 2.37. The van der Waals surface area contributed by atoms with Gasteiger partial charge >= 0.3 is 5.97 Å². The van der Waals surface area contributed by atoms with Gasteiger partial charge in [0.25, 0.3) is 0 Å². The maximum atomic E-state index is 12.2. The van der Waals surface area contributed by atoms with E-state index in [1.165, 1.54) is 11.1 Å². The Morgan fingerprint density at radius 2 is 1.45 bits per heavy atom. The SMILES string of the molecule is O=C(CCN1CCC(OC(c2ccccc2)c2ccccc2)CC1)OC1CCOCC1. The molecule has 2 aromatic rings. The molecule has 5 heteroatoms. The van der Waals surface area contributed by atoms with Crippen LogP contribution in [0.5, 0.6) is 0 Å². The summed E-state index contributed by atoms with van der Waals surface area (Å²) in [4.78, 5) is 14.5. The van der Waals surface area contributed by atoms with Crippen molar-refractivity contribution < 1.29 is 19.0 Å². The van der Waals surface area contributed by atoms with E-state index < -0.39 is 0 Å². The molecule has 166 valence electrons. The molecule has 0 bridgehead atoms. The Morgan fingerprint density at radius 1 is 0.871 bits per heavy atom. The number of nitrogens with zero attached hydrogens (tertiary/aromatic N) is 1. The van der Waals surface area contributed by atoms with Crippen LogP contribution >= 0.6 is 0 Å². The smallest absolute Gasteiger partial charge is 0.307 e. The highest BCUT2D eigenvalue weighted by molar-refractivity contribution is 5.69. The van der Waals surface area contributed by atoms with Crippen molar-refractivity contribution in [3.63, 3.8) is 0 Å². The number of hydrogen-bond donors (Lipinski definition) is 0. The van der Waals surface area contributed by atoms with E-state index in [0.29, 0.717) is 19.6 Å². The fourth-order valence-corrected chi connectivity index (χ4v) is 4.35. The van der Waals surface area contributed by atoms with Gasteiger partial charge in [0.1, 0.15) is 12.2 Å². The highest BCUT2D eigenvalue weighted by atomic mass is 16.6. The summed E-state index contributed by atoms with van der Waals surface area (Å²) >= 11 is 0. The number of hydrogen-bond acceptors (Lipinski definition) is 5. The first-order chi connectivity index (χ1) is 15.3. The molecule has 0 N–H and O–H groups in total. The number of ether oxygens (including phenoxy) is 3. The molecule has 0 aromatic heterocycles. The Hall–Kier alpha value is -2.21. The van der Waals surface area contributed by atoms with Crippen LogP contribution in [0.25, 0.3) is 0 Å². The van der Waals surface area contributed by atoms with Crippen molar-refractivity contribution in [1.82, 2.24) is 4.90 Å². The first-order valence-electron chi connectivity index (χ1n) is 11.5. The van der Waals surface area contributed by atoms with E-state index in [2.05, 4.69) is 53.4 Å². The number of esters is 1. The summed E-state index contributed by atoms with van der Waals surface area (Å²) < 4.78 is 17.5. The van der Waals surface area contributed by atoms with Crippen molar-refractivity contribution >= 4 is 5.97 Å². The molecule has 2 aromatic carbocycles. The molecule has 2 fully saturated rings. The van der Waals surface area contributed by atoms with Gasteiger partial charge in [-0.2, -0.15) is 0 Å². The molecule has 5 nitrogen and oxygen atoms in total. The van der Waals surface area contributed by atoms with Crippen molar-refractivity contribution in [3.8, 4) is 0 Å². The Balaban J connectivity index is 1.24. The molecule has 0 atom stereocenters. The van der Waals surface area contributed by atoms with Crippen molar-refractivity contribution in [2.45, 2.75) is 50.4 Å². The number of piperidine rings is 1. The monoisotopic (exact) mass is 423 g/mol. The Bertz CT molecular complexity index is 744. The quantitative estimate of drug-likeness (QED) is 0.590. The second kappa shape index (κ2) is 11.4. The van der Waals surface area contributed by atoms with E-state index in [1.807, 2.05) is 12.1 Å². The third kappa shape index (κ3) is 6.63. The first kappa shape index (κ1) is 22.0. The lowest BCUT2D eigenvalue weighted by Gasteiger charge is -2.34. The summed E-state index contributed by atoms with van der Waals surface area (Å²) in [7, 11) is 0. The summed E-state index contributed by atoms with van der Waals surface area (Å²) in [6, 6.07) is 20.9. The second-order valence-corrected chi connectivity index (χ2v) is 8.43. The number of likely N-dealkylation sites (tertiary alicyclic amines) is 1. The van der Waals surface area contributed by atoms with Gasteiger partial charge in [-0.1, -0.05) is 60.7 Å². The molecule has 2 heterocycles. The van der Waals surface area contributed by atoms with Crippen LogP contribution in [0.4, 0.5) is 0 Å². The van der Waals surface area contributed by atoms with Gasteiger partial charge in [-0.3, -0.25) is 4.79 Å². The zero-order valence-corrected chi connectivity index (χ0v) is 18.2. The normalized spacial score (nSPS) is 18.9. The molecule has 0 saturated carbocycles. The zero-order chi connectivity index (χ0) is 21.3. The molecule has 0 aliphatic carbocycles. The second-order valence-electron chi connectivity index (χ2n) is 8.43. The molecule has 2 saturated heterocycles. The fourth-order valence-electron chi connectivity index (χ4n) is 4.35. The molecule has 2 aliphatic heterocycles. The average Bonchev–Trinajstić information content (AvgIpc) is 2.84. The van der Waals surface area contributed by atoms with Gasteiger partial charge in [0.05, 0.1) is 25.7 Å². The van der Waals surface area contributed by atoms with Gasteiger partial charge in [-0.05, 0) is 24.0 Å². The lowest BCUT2D eigenvalue weighted by molar-refractivity contribution is -0.153. The minimum absolute atomic E-state index is 0.0355. The lowest BCUT2D eigenvalue weighted by Crippen LogP contribution is -2.39. The van der Waals surface area contributed by atoms with Crippen molar-refractivity contribution in [3.05, 3.63) is 71.8 Å². The molecule has 31 heavy (non-hydrogen) atoms. The lowest BCUT2D eigenvalue weighted by atomic mass is 10.00. The van der Waals surface area contributed by atoms with Crippen LogP contribution in [0.15, 0.2) is 60.7 Å². The predicted octanol–water partition coefficient (Wildman–Crippen LogP) is 4.37. The largest absolute Gasteiger partial charge is 0.462 e. The van der Waals surface area contributed by atoms with E-state index in [-0.39, 0.29) is 24.3 Å². The maximum Gasteiger partial charge on any atom is 0.307 e. The molecule has 2 aliphatic rings. The molecule has 0 radical (unpaired) electrons. The molecule has 0 spiro atoms. The van der Waals surface area contributed by atoms with Gasteiger partial charge in [0.2, 0.25) is 0 Å². The summed E-state index contributed by atoms with van der Waals surface area (Å²) in [5.74, 6) is -0.0847. The predicted molar refractivity (Wildman–Crippen MR) is 120 cm³/mol. The van der Waals surface area contributed by atoms with Gasteiger partial charge in [0, 0.05) is 32.5 Å². The van der Waals surface area contributed by atoms with Crippen LogP contribution in [0.3, 0.4) is 0 Å². The van der Waals surface area contributed by atoms with Crippen LogP contribution in [0.2, 0.25) is 0 Å². The van der Waals surface area contributed by atoms with Crippen LogP contribution in [-0.2, 0) is 19.0 Å². The molecule has 0 amide bonds. The van der Waals surface area contributed by atoms with Crippen LogP contribution in [0, 0.1) is 0 Å². The van der Waals surface area contributed by atoms with Crippen molar-refractivity contribution in [2.24, 2.45) is 0 Å². The van der Waals surface area contributed by atoms with E-state index in [0.717, 1.165) is 45.3 Å². The Kier molecular flexibility index (Phi) is 8.11. The van der Waals surface area contributed by atoms with Crippen LogP contribution in [-0.4, -0.2) is 55.9 Å². The third-order valence-corrected chi connectivity index (χ3v) is 6.17. The van der Waals surface area contributed by atoms with Gasteiger partial charge < -0.3 is 19.1 Å². The topological polar surface area (TPSA) is 48.0 Å². The fraction of sp³-hybridized carbons (Fsp3) is 0.500. The van der Waals surface area contributed by atoms with Crippen molar-refractivity contribution in [2.75, 3.05) is 32.8 Å².